The minimum absolute atomic E-state index is 0.00865. The number of imidazole rings is 1. The molecule has 0 bridgehead atoms. The van der Waals surface area contributed by atoms with Gasteiger partial charge in [-0.15, -0.1) is 11.3 Å². The molecule has 2 amide bonds. The highest BCUT2D eigenvalue weighted by Gasteiger charge is 2.25. The van der Waals surface area contributed by atoms with Crippen molar-refractivity contribution < 1.29 is 23.5 Å². The number of rotatable bonds is 10. The van der Waals surface area contributed by atoms with Crippen molar-refractivity contribution >= 4 is 28.9 Å². The number of morpholine rings is 1. The number of hydrogen-bond donors (Lipinski definition) is 1. The number of ether oxygens (including phenoxy) is 2. The van der Waals surface area contributed by atoms with E-state index in [4.69, 9.17) is 20.2 Å². The summed E-state index contributed by atoms with van der Waals surface area (Å²) in [6, 6.07) is 3.90. The van der Waals surface area contributed by atoms with Gasteiger partial charge in [0, 0.05) is 48.5 Å². The third-order valence-electron chi connectivity index (χ3n) is 6.81. The molecule has 216 valence electrons. The Bertz CT molecular complexity index is 1650. The van der Waals surface area contributed by atoms with E-state index in [0.717, 1.165) is 23.8 Å². The first-order chi connectivity index (χ1) is 19.7. The topological polar surface area (TPSA) is 134 Å². The Labute approximate surface area is 239 Å². The predicted molar refractivity (Wildman–Crippen MR) is 151 cm³/mol. The van der Waals surface area contributed by atoms with Gasteiger partial charge in [-0.2, -0.15) is 0 Å². The maximum absolute atomic E-state index is 13.7. The second-order valence-electron chi connectivity index (χ2n) is 9.89. The van der Waals surface area contributed by atoms with Gasteiger partial charge in [-0.05, 0) is 31.0 Å². The molecule has 2 N–H and O–H groups in total. The van der Waals surface area contributed by atoms with E-state index < -0.39 is 17.3 Å². The molecule has 0 saturated carbocycles. The minimum Gasteiger partial charge on any atom is -0.486 e. The number of nitrogens with two attached hydrogens (primary N) is 1. The number of fused-ring (bicyclic) bond motifs is 1. The molecule has 0 spiro atoms. The van der Waals surface area contributed by atoms with Crippen LogP contribution in [0.3, 0.4) is 0 Å². The molecule has 3 aromatic heterocycles. The molecule has 11 nitrogen and oxygen atoms in total. The van der Waals surface area contributed by atoms with Gasteiger partial charge in [0.25, 0.3) is 0 Å². The van der Waals surface area contributed by atoms with Crippen molar-refractivity contribution in [2.45, 2.75) is 45.8 Å². The van der Waals surface area contributed by atoms with Crippen LogP contribution >= 0.6 is 11.3 Å². The molecule has 1 atom stereocenters. The van der Waals surface area contributed by atoms with E-state index in [-0.39, 0.29) is 47.8 Å². The Morgan fingerprint density at radius 2 is 2.12 bits per heavy atom. The molecule has 0 unspecified atom stereocenters. The smallest absolute Gasteiger partial charge is 0.302 e. The number of nitrogens with zero attached hydrogens (tertiary/aromatic N) is 5. The summed E-state index contributed by atoms with van der Waals surface area (Å²) in [5, 5.41) is 0.440. The maximum Gasteiger partial charge on any atom is 0.302 e. The van der Waals surface area contributed by atoms with Gasteiger partial charge in [0.15, 0.2) is 5.69 Å². The van der Waals surface area contributed by atoms with Crippen LogP contribution in [0.15, 0.2) is 41.6 Å². The third kappa shape index (κ3) is 6.15. The van der Waals surface area contributed by atoms with E-state index in [0.29, 0.717) is 36.9 Å². The van der Waals surface area contributed by atoms with Gasteiger partial charge in [-0.1, -0.05) is 19.4 Å². The normalized spacial score (nSPS) is 15.4. The molecule has 4 aromatic rings. The zero-order valence-corrected chi connectivity index (χ0v) is 23.7. The van der Waals surface area contributed by atoms with E-state index >= 15 is 0 Å². The largest absolute Gasteiger partial charge is 0.486 e. The average molecular weight is 583 g/mol. The standard InChI is InChI=1S/C28H31FN6O5S/c1-3-4-10-40-24-23(26-31-14-20(41-26)12-18-5-6-19(29)13-21(18)25(30)37)32-28-34(7-8-35(28)27(24)38)16-22(36)33-9-11-39-17(2)15-33/h5-8,13-14,17H,3-4,9-12,15-16H2,1-2H3,(H2,30,37)/t17-/m0/s1. The van der Waals surface area contributed by atoms with Crippen molar-refractivity contribution in [3.63, 3.8) is 0 Å². The molecule has 1 aliphatic rings. The van der Waals surface area contributed by atoms with Crippen LogP contribution in [0.25, 0.3) is 16.5 Å². The van der Waals surface area contributed by atoms with Crippen LogP contribution < -0.4 is 16.0 Å². The van der Waals surface area contributed by atoms with E-state index in [2.05, 4.69) is 4.98 Å². The fourth-order valence-electron chi connectivity index (χ4n) is 4.68. The molecule has 41 heavy (non-hydrogen) atoms. The molecule has 5 rings (SSSR count). The summed E-state index contributed by atoms with van der Waals surface area (Å²) in [6.45, 7) is 5.76. The number of carbonyl (C=O) groups is 2. The van der Waals surface area contributed by atoms with E-state index in [9.17, 15) is 18.8 Å². The second-order valence-corrected chi connectivity index (χ2v) is 11.0. The molecular formula is C28H31FN6O5S. The first kappa shape index (κ1) is 28.4. The second kappa shape index (κ2) is 12.2. The van der Waals surface area contributed by atoms with Gasteiger partial charge in [0.2, 0.25) is 23.3 Å². The first-order valence-corrected chi connectivity index (χ1v) is 14.2. The van der Waals surface area contributed by atoms with Gasteiger partial charge in [0.05, 0.1) is 19.3 Å². The maximum atomic E-state index is 13.7. The van der Waals surface area contributed by atoms with Crippen molar-refractivity contribution in [3.05, 3.63) is 69.0 Å². The lowest BCUT2D eigenvalue weighted by Crippen LogP contribution is -2.45. The molecule has 4 heterocycles. The number of primary amides is 1. The van der Waals surface area contributed by atoms with E-state index in [1.165, 1.54) is 27.9 Å². The van der Waals surface area contributed by atoms with Crippen LogP contribution in [0, 0.1) is 5.82 Å². The number of carbonyl (C=O) groups excluding carboxylic acids is 2. The number of halogens is 1. The number of aromatic nitrogens is 4. The van der Waals surface area contributed by atoms with Gasteiger partial charge < -0.3 is 24.7 Å². The van der Waals surface area contributed by atoms with Crippen LogP contribution in [0.5, 0.6) is 5.75 Å². The summed E-state index contributed by atoms with van der Waals surface area (Å²) in [5.41, 5.74) is 5.97. The number of benzene rings is 1. The molecule has 1 fully saturated rings. The molecule has 0 radical (unpaired) electrons. The Morgan fingerprint density at radius 1 is 1.29 bits per heavy atom. The lowest BCUT2D eigenvalue weighted by atomic mass is 10.0. The quantitative estimate of drug-likeness (QED) is 0.284. The Balaban J connectivity index is 1.50. The lowest BCUT2D eigenvalue weighted by Gasteiger charge is -2.31. The third-order valence-corrected chi connectivity index (χ3v) is 7.81. The molecular weight excluding hydrogens is 551 g/mol. The van der Waals surface area contributed by atoms with Crippen LogP contribution in [0.2, 0.25) is 0 Å². The highest BCUT2D eigenvalue weighted by Crippen LogP contribution is 2.31. The summed E-state index contributed by atoms with van der Waals surface area (Å²) >= 11 is 1.28. The van der Waals surface area contributed by atoms with Crippen LogP contribution in [-0.4, -0.2) is 68.1 Å². The highest BCUT2D eigenvalue weighted by molar-refractivity contribution is 7.15. The molecule has 13 heteroatoms. The molecule has 1 aromatic carbocycles. The number of amides is 2. The van der Waals surface area contributed by atoms with Crippen LogP contribution in [0.1, 0.15) is 47.5 Å². The highest BCUT2D eigenvalue weighted by atomic mass is 32.1. The van der Waals surface area contributed by atoms with E-state index in [1.54, 1.807) is 28.1 Å². The fraction of sp³-hybridized carbons (Fsp3) is 0.393. The lowest BCUT2D eigenvalue weighted by molar-refractivity contribution is -0.138. The average Bonchev–Trinajstić information content (AvgIpc) is 3.58. The van der Waals surface area contributed by atoms with Crippen molar-refractivity contribution in [2.24, 2.45) is 5.73 Å². The molecule has 0 aliphatic carbocycles. The summed E-state index contributed by atoms with van der Waals surface area (Å²) < 4.78 is 28.2. The SMILES string of the molecule is CCCCOc1c(-c2ncc(Cc3ccc(F)cc3C(N)=O)s2)nc2n(CC(=O)N3CCO[C@@H](C)C3)ccn2c1=O. The Morgan fingerprint density at radius 3 is 2.88 bits per heavy atom. The molecule has 1 saturated heterocycles. The van der Waals surface area contributed by atoms with E-state index in [1.807, 2.05) is 13.8 Å². The summed E-state index contributed by atoms with van der Waals surface area (Å²) in [7, 11) is 0. The van der Waals surface area contributed by atoms with Crippen molar-refractivity contribution in [2.75, 3.05) is 26.3 Å². The number of hydrogen-bond acceptors (Lipinski definition) is 8. The van der Waals surface area contributed by atoms with Crippen molar-refractivity contribution in [1.82, 2.24) is 23.8 Å². The van der Waals surface area contributed by atoms with Gasteiger partial charge in [-0.3, -0.25) is 14.4 Å². The number of unbranched alkanes of at least 4 members (excludes halogenated alkanes) is 1. The summed E-state index contributed by atoms with van der Waals surface area (Å²) in [6.07, 6.45) is 6.71. The van der Waals surface area contributed by atoms with Crippen LogP contribution in [-0.2, 0) is 22.5 Å². The zero-order chi connectivity index (χ0) is 29.1. The Hall–Kier alpha value is -4.10. The van der Waals surface area contributed by atoms with Crippen molar-refractivity contribution in [3.8, 4) is 16.5 Å². The van der Waals surface area contributed by atoms with Crippen molar-refractivity contribution in [1.29, 1.82) is 0 Å². The monoisotopic (exact) mass is 582 g/mol. The zero-order valence-electron chi connectivity index (χ0n) is 22.8. The fourth-order valence-corrected chi connectivity index (χ4v) is 5.61. The first-order valence-electron chi connectivity index (χ1n) is 13.4. The predicted octanol–water partition coefficient (Wildman–Crippen LogP) is 2.87. The van der Waals surface area contributed by atoms with Gasteiger partial charge >= 0.3 is 5.56 Å². The molecule has 1 aliphatic heterocycles. The van der Waals surface area contributed by atoms with Gasteiger partial charge in [-0.25, -0.2) is 18.8 Å². The van der Waals surface area contributed by atoms with Gasteiger partial charge in [0.1, 0.15) is 17.4 Å². The summed E-state index contributed by atoms with van der Waals surface area (Å²) in [4.78, 5) is 50.3. The van der Waals surface area contributed by atoms with Crippen LogP contribution in [0.4, 0.5) is 4.39 Å². The Kier molecular flexibility index (Phi) is 8.45. The number of thiazole rings is 1. The summed E-state index contributed by atoms with van der Waals surface area (Å²) in [5.74, 6) is -1.02. The minimum atomic E-state index is -0.724.